The minimum Gasteiger partial charge on any atom is -0.462 e. The van der Waals surface area contributed by atoms with Crippen LogP contribution in [0.4, 0.5) is 0 Å². The average Bonchev–Trinajstić information content (AvgIpc) is 3.13. The number of cyclic esters (lactones) is 1. The number of likely N-dealkylation sites (N-methyl/N-ethyl adjacent to an activating group) is 1. The second-order valence-corrected chi connectivity index (χ2v) is 16.0. The first-order valence-electron chi connectivity index (χ1n) is 20.1. The highest BCUT2D eigenvalue weighted by Gasteiger charge is 2.53. The number of hydrogen-bond donors (Lipinski definition) is 3. The van der Waals surface area contributed by atoms with Crippen LogP contribution in [0.1, 0.15) is 93.4 Å². The Kier molecular flexibility index (Phi) is 19.2. The van der Waals surface area contributed by atoms with E-state index in [4.69, 9.17) is 37.9 Å². The molecule has 3 aliphatic rings. The van der Waals surface area contributed by atoms with Crippen molar-refractivity contribution < 1.29 is 72.4 Å². The quantitative estimate of drug-likeness (QED) is 0.147. The summed E-state index contributed by atoms with van der Waals surface area (Å²) < 4.78 is 48.5. The molecule has 1 unspecified atom stereocenters. The smallest absolute Gasteiger partial charge is 0.309 e. The summed E-state index contributed by atoms with van der Waals surface area (Å²) in [5, 5.41) is 34.5. The Morgan fingerprint density at radius 1 is 0.965 bits per heavy atom. The van der Waals surface area contributed by atoms with Crippen LogP contribution in [0.3, 0.4) is 0 Å². The standard InChI is InChI=1S/C41H67NO15/c1-11-30(45)54-29-21-32(47)51-24(4)16-14-13-15-17-28(44)23(3)20-27(18-19-43)37(38(29)50-10)57-40-35(48)34(42(8)9)36(25(5)53-40)56-33-22-41(7,49)39(26(6)52-33)55-31(46)12-2/h13-15,17,19,23-29,33-40,44,48-49H,11-12,16,18,20-22H2,1-10H3/b14-13-,17-15+/t23-,24-,25-,26+,27+,28-,29-,33+,34-,35-,36-,37+,38+,39+,40?,41-/m1/s1. The molecule has 0 aromatic heterocycles. The van der Waals surface area contributed by atoms with Crippen LogP contribution in [0.2, 0.25) is 0 Å². The summed E-state index contributed by atoms with van der Waals surface area (Å²) in [5.41, 5.74) is -1.49. The highest BCUT2D eigenvalue weighted by Crippen LogP contribution is 2.37. The van der Waals surface area contributed by atoms with Gasteiger partial charge in [-0.1, -0.05) is 45.1 Å². The minimum atomic E-state index is -1.49. The van der Waals surface area contributed by atoms with Crippen molar-refractivity contribution in [3.63, 3.8) is 0 Å². The molecule has 3 heterocycles. The highest BCUT2D eigenvalue weighted by molar-refractivity contribution is 5.72. The predicted molar refractivity (Wildman–Crippen MR) is 205 cm³/mol. The Labute approximate surface area is 337 Å². The Bertz CT molecular complexity index is 1350. The maximum absolute atomic E-state index is 13.3. The normalized spacial score (nSPS) is 41.1. The highest BCUT2D eigenvalue weighted by atomic mass is 16.7. The Hall–Kier alpha value is -2.80. The van der Waals surface area contributed by atoms with Crippen molar-refractivity contribution in [1.29, 1.82) is 0 Å². The molecule has 0 aliphatic carbocycles. The van der Waals surface area contributed by atoms with Crippen LogP contribution < -0.4 is 0 Å². The van der Waals surface area contributed by atoms with Crippen LogP contribution in [0.5, 0.6) is 0 Å². The van der Waals surface area contributed by atoms with Gasteiger partial charge in [-0.3, -0.25) is 14.4 Å². The van der Waals surface area contributed by atoms with Gasteiger partial charge in [0.15, 0.2) is 18.7 Å². The Balaban J connectivity index is 2.01. The Morgan fingerprint density at radius 3 is 2.23 bits per heavy atom. The van der Waals surface area contributed by atoms with Crippen molar-refractivity contribution >= 4 is 24.2 Å². The number of nitrogens with zero attached hydrogens (tertiary/aromatic N) is 1. The van der Waals surface area contributed by atoms with E-state index in [-0.39, 0.29) is 32.1 Å². The van der Waals surface area contributed by atoms with E-state index in [0.29, 0.717) is 12.7 Å². The number of aldehydes is 1. The van der Waals surface area contributed by atoms with Crippen LogP contribution in [-0.2, 0) is 57.1 Å². The molecule has 326 valence electrons. The zero-order chi connectivity index (χ0) is 42.6. The largest absolute Gasteiger partial charge is 0.462 e. The predicted octanol–water partition coefficient (Wildman–Crippen LogP) is 2.77. The number of allylic oxidation sites excluding steroid dienone is 2. The van der Waals surface area contributed by atoms with Gasteiger partial charge >= 0.3 is 17.9 Å². The van der Waals surface area contributed by atoms with Crippen molar-refractivity contribution in [3.05, 3.63) is 24.3 Å². The second-order valence-electron chi connectivity index (χ2n) is 16.0. The summed E-state index contributed by atoms with van der Waals surface area (Å²) in [6.07, 6.45) is -4.08. The maximum Gasteiger partial charge on any atom is 0.309 e. The van der Waals surface area contributed by atoms with Crippen molar-refractivity contribution in [2.75, 3.05) is 21.2 Å². The lowest BCUT2D eigenvalue weighted by Gasteiger charge is -2.50. The number of aliphatic hydroxyl groups excluding tert-OH is 2. The van der Waals surface area contributed by atoms with Gasteiger partial charge in [-0.2, -0.15) is 0 Å². The molecule has 0 aromatic rings. The number of aliphatic hydroxyl groups is 3. The molecule has 16 atom stereocenters. The van der Waals surface area contributed by atoms with E-state index in [0.717, 1.165) is 0 Å². The van der Waals surface area contributed by atoms with Crippen molar-refractivity contribution in [2.45, 2.75) is 179 Å². The topological polar surface area (TPSA) is 206 Å². The van der Waals surface area contributed by atoms with Crippen LogP contribution >= 0.6 is 0 Å². The first-order chi connectivity index (χ1) is 26.9. The van der Waals surface area contributed by atoms with E-state index in [1.165, 1.54) is 7.11 Å². The third-order valence-electron chi connectivity index (χ3n) is 10.9. The van der Waals surface area contributed by atoms with Gasteiger partial charge in [0.2, 0.25) is 0 Å². The lowest BCUT2D eigenvalue weighted by Crippen LogP contribution is -2.66. The third-order valence-corrected chi connectivity index (χ3v) is 10.9. The van der Waals surface area contributed by atoms with E-state index in [1.807, 2.05) is 13.0 Å². The summed E-state index contributed by atoms with van der Waals surface area (Å²) in [6.45, 7) is 11.8. The number of rotatable bonds is 12. The summed E-state index contributed by atoms with van der Waals surface area (Å²) in [6, 6.07) is -0.779. The van der Waals surface area contributed by atoms with Gasteiger partial charge in [-0.15, -0.1) is 0 Å². The van der Waals surface area contributed by atoms with Gasteiger partial charge in [0.05, 0.1) is 36.9 Å². The van der Waals surface area contributed by atoms with Crippen LogP contribution in [-0.4, -0.2) is 151 Å². The molecule has 0 saturated carbocycles. The fraction of sp³-hybridized carbons (Fsp3) is 0.805. The van der Waals surface area contributed by atoms with Crippen LogP contribution in [0.25, 0.3) is 0 Å². The summed E-state index contributed by atoms with van der Waals surface area (Å²) in [4.78, 5) is 52.3. The van der Waals surface area contributed by atoms with E-state index in [2.05, 4.69) is 0 Å². The van der Waals surface area contributed by atoms with Crippen LogP contribution in [0.15, 0.2) is 24.3 Å². The summed E-state index contributed by atoms with van der Waals surface area (Å²) in [5.74, 6) is -2.82. The molecule has 3 aliphatic heterocycles. The molecule has 0 bridgehead atoms. The molecule has 3 rings (SSSR count). The van der Waals surface area contributed by atoms with Crippen molar-refractivity contribution in [3.8, 4) is 0 Å². The zero-order valence-corrected chi connectivity index (χ0v) is 35.2. The number of methoxy groups -OCH3 is 1. The van der Waals surface area contributed by atoms with Gasteiger partial charge < -0.3 is 62.9 Å². The molecular formula is C41H67NO15. The van der Waals surface area contributed by atoms with Gasteiger partial charge in [-0.05, 0) is 60.0 Å². The van der Waals surface area contributed by atoms with Crippen LogP contribution in [0, 0.1) is 11.8 Å². The minimum absolute atomic E-state index is 0.000633. The third kappa shape index (κ3) is 13.6. The molecule has 3 N–H and O–H groups in total. The number of esters is 3. The van der Waals surface area contributed by atoms with Gasteiger partial charge in [0.1, 0.15) is 42.4 Å². The van der Waals surface area contributed by atoms with Gasteiger partial charge in [0, 0.05) is 39.2 Å². The number of hydrogen-bond acceptors (Lipinski definition) is 16. The van der Waals surface area contributed by atoms with Gasteiger partial charge in [0.25, 0.3) is 0 Å². The SMILES string of the molecule is CCC(=O)O[C@@H]1CC(=O)O[C@H](C)C/C=C\C=C\[C@@H](O)[C@H](C)C[C@H](CC=O)[C@H](OC2O[C@H](C)[C@@H](O[C@H]3C[C@@](C)(O)[C@@H](OC(=O)CC)[C@H](C)O3)[C@H](N(C)C)[C@H]2O)[C@H]1OC. The zero-order valence-electron chi connectivity index (χ0n) is 35.2. The summed E-state index contributed by atoms with van der Waals surface area (Å²) >= 11 is 0. The van der Waals surface area contributed by atoms with E-state index in [1.54, 1.807) is 78.8 Å². The number of ether oxygens (including phenoxy) is 8. The first-order valence-corrected chi connectivity index (χ1v) is 20.1. The molecular weight excluding hydrogens is 746 g/mol. The molecule has 0 radical (unpaired) electrons. The Morgan fingerprint density at radius 2 is 1.63 bits per heavy atom. The lowest BCUT2D eigenvalue weighted by molar-refractivity contribution is -0.344. The van der Waals surface area contributed by atoms with E-state index in [9.17, 15) is 34.5 Å². The fourth-order valence-corrected chi connectivity index (χ4v) is 7.82. The average molecular weight is 814 g/mol. The fourth-order valence-electron chi connectivity index (χ4n) is 7.82. The second kappa shape index (κ2) is 22.5. The van der Waals surface area contributed by atoms with Crippen molar-refractivity contribution in [2.24, 2.45) is 11.8 Å². The molecule has 2 saturated heterocycles. The molecule has 0 aromatic carbocycles. The molecule has 0 spiro atoms. The monoisotopic (exact) mass is 813 g/mol. The molecule has 0 amide bonds. The first kappa shape index (κ1) is 48.6. The van der Waals surface area contributed by atoms with E-state index >= 15 is 0 Å². The summed E-state index contributed by atoms with van der Waals surface area (Å²) in [7, 11) is 4.86. The lowest BCUT2D eigenvalue weighted by atomic mass is 9.82. The van der Waals surface area contributed by atoms with Gasteiger partial charge in [-0.25, -0.2) is 0 Å². The maximum atomic E-state index is 13.3. The molecule has 2 fully saturated rings. The number of carbonyl (C=O) groups is 4. The van der Waals surface area contributed by atoms with Crippen molar-refractivity contribution in [1.82, 2.24) is 4.90 Å². The molecule has 57 heavy (non-hydrogen) atoms. The number of carbonyl (C=O) groups excluding carboxylic acids is 4. The molecule has 16 nitrogen and oxygen atoms in total. The molecule has 16 heteroatoms. The van der Waals surface area contributed by atoms with E-state index < -0.39 is 121 Å².